The molecule has 3 heteroatoms. The van der Waals surface area contributed by atoms with Crippen LogP contribution in [0.2, 0.25) is 0 Å². The summed E-state index contributed by atoms with van der Waals surface area (Å²) in [5.41, 5.74) is 1.24. The first kappa shape index (κ1) is 8.23. The highest BCUT2D eigenvalue weighted by molar-refractivity contribution is 5.47. The maximum absolute atomic E-state index is 10.2. The molecule has 1 amide bonds. The van der Waals surface area contributed by atoms with Crippen LogP contribution in [-0.2, 0) is 10.2 Å². The molecule has 1 fully saturated rings. The summed E-state index contributed by atoms with van der Waals surface area (Å²) in [7, 11) is 0. The minimum absolute atomic E-state index is 0.141. The second-order valence-electron chi connectivity index (χ2n) is 3.49. The van der Waals surface area contributed by atoms with Gasteiger partial charge in [-0.2, -0.15) is 0 Å². The van der Waals surface area contributed by atoms with Crippen LogP contribution in [0.5, 0.6) is 0 Å². The van der Waals surface area contributed by atoms with Crippen LogP contribution in [0.4, 0.5) is 0 Å². The maximum atomic E-state index is 10.2. The Hall–Kier alpha value is -1.38. The van der Waals surface area contributed by atoms with Crippen LogP contribution < -0.4 is 5.32 Å². The number of hydrogen-bond donors (Lipinski definition) is 1. The smallest absolute Gasteiger partial charge is 0.207 e. The van der Waals surface area contributed by atoms with Gasteiger partial charge in [0, 0.05) is 23.9 Å². The molecule has 68 valence electrons. The SMILES string of the molecule is O=CNCC1(c2ccccn2)CC1. The second-order valence-corrected chi connectivity index (χ2v) is 3.49. The Bertz CT molecular complexity index is 293. The molecule has 1 saturated carbocycles. The van der Waals surface area contributed by atoms with Crippen LogP contribution in [0, 0.1) is 0 Å². The molecule has 0 aliphatic heterocycles. The van der Waals surface area contributed by atoms with E-state index in [4.69, 9.17) is 0 Å². The Balaban J connectivity index is 2.11. The van der Waals surface area contributed by atoms with Crippen LogP contribution in [-0.4, -0.2) is 17.9 Å². The third-order valence-corrected chi connectivity index (χ3v) is 2.59. The van der Waals surface area contributed by atoms with Gasteiger partial charge >= 0.3 is 0 Å². The highest BCUT2D eigenvalue weighted by Gasteiger charge is 2.45. The van der Waals surface area contributed by atoms with E-state index < -0.39 is 0 Å². The van der Waals surface area contributed by atoms with E-state index in [1.165, 1.54) is 0 Å². The van der Waals surface area contributed by atoms with E-state index >= 15 is 0 Å². The molecule has 3 nitrogen and oxygen atoms in total. The summed E-state index contributed by atoms with van der Waals surface area (Å²) in [6.07, 6.45) is 4.81. The van der Waals surface area contributed by atoms with E-state index in [0.29, 0.717) is 6.54 Å². The van der Waals surface area contributed by atoms with Crippen LogP contribution in [0.3, 0.4) is 0 Å². The van der Waals surface area contributed by atoms with Crippen molar-refractivity contribution in [3.63, 3.8) is 0 Å². The van der Waals surface area contributed by atoms with E-state index in [2.05, 4.69) is 10.3 Å². The fourth-order valence-corrected chi connectivity index (χ4v) is 1.59. The normalized spacial score (nSPS) is 17.8. The van der Waals surface area contributed by atoms with Crippen molar-refractivity contribution in [2.24, 2.45) is 0 Å². The number of pyridine rings is 1. The van der Waals surface area contributed by atoms with Crippen LogP contribution in [0.1, 0.15) is 18.5 Å². The highest BCUT2D eigenvalue weighted by Crippen LogP contribution is 2.46. The lowest BCUT2D eigenvalue weighted by atomic mass is 10.0. The Labute approximate surface area is 77.2 Å². The fourth-order valence-electron chi connectivity index (χ4n) is 1.59. The average Bonchev–Trinajstić information content (AvgIpc) is 2.97. The second kappa shape index (κ2) is 3.17. The standard InChI is InChI=1S/C10H12N2O/c13-8-11-7-10(4-5-10)9-3-1-2-6-12-9/h1-3,6,8H,4-5,7H2,(H,11,13). The van der Waals surface area contributed by atoms with Crippen molar-refractivity contribution in [1.29, 1.82) is 0 Å². The summed E-state index contributed by atoms with van der Waals surface area (Å²) in [6.45, 7) is 0.716. The van der Waals surface area contributed by atoms with Crippen molar-refractivity contribution in [2.45, 2.75) is 18.3 Å². The number of hydrogen-bond acceptors (Lipinski definition) is 2. The molecule has 1 aliphatic rings. The van der Waals surface area contributed by atoms with Crippen molar-refractivity contribution >= 4 is 6.41 Å². The molecule has 0 spiro atoms. The predicted molar refractivity (Wildman–Crippen MR) is 49.2 cm³/mol. The number of aromatic nitrogens is 1. The number of nitrogens with zero attached hydrogens (tertiary/aromatic N) is 1. The van der Waals surface area contributed by atoms with Gasteiger partial charge in [-0.15, -0.1) is 0 Å². The lowest BCUT2D eigenvalue weighted by Crippen LogP contribution is -2.26. The van der Waals surface area contributed by atoms with Crippen molar-refractivity contribution in [1.82, 2.24) is 10.3 Å². The predicted octanol–water partition coefficient (Wildman–Crippen LogP) is 0.859. The van der Waals surface area contributed by atoms with Crippen LogP contribution in [0.15, 0.2) is 24.4 Å². The molecule has 2 rings (SSSR count). The average molecular weight is 176 g/mol. The summed E-state index contributed by atoms with van der Waals surface area (Å²) < 4.78 is 0. The molecule has 0 atom stereocenters. The highest BCUT2D eigenvalue weighted by atomic mass is 16.1. The monoisotopic (exact) mass is 176 g/mol. The summed E-state index contributed by atoms with van der Waals surface area (Å²) in [5, 5.41) is 2.73. The van der Waals surface area contributed by atoms with Gasteiger partial charge in [0.25, 0.3) is 0 Å². The summed E-state index contributed by atoms with van der Waals surface area (Å²) in [5.74, 6) is 0. The summed E-state index contributed by atoms with van der Waals surface area (Å²) >= 11 is 0. The van der Waals surface area contributed by atoms with E-state index in [-0.39, 0.29) is 5.41 Å². The van der Waals surface area contributed by atoms with Gasteiger partial charge < -0.3 is 5.32 Å². The largest absolute Gasteiger partial charge is 0.358 e. The Morgan fingerprint density at radius 2 is 2.38 bits per heavy atom. The third-order valence-electron chi connectivity index (χ3n) is 2.59. The van der Waals surface area contributed by atoms with Crippen molar-refractivity contribution in [2.75, 3.05) is 6.54 Å². The molecule has 0 radical (unpaired) electrons. The maximum Gasteiger partial charge on any atom is 0.207 e. The minimum Gasteiger partial charge on any atom is -0.358 e. The van der Waals surface area contributed by atoms with Crippen molar-refractivity contribution in [3.05, 3.63) is 30.1 Å². The molecule has 13 heavy (non-hydrogen) atoms. The van der Waals surface area contributed by atoms with Crippen LogP contribution in [0.25, 0.3) is 0 Å². The van der Waals surface area contributed by atoms with E-state index in [0.717, 1.165) is 24.9 Å². The van der Waals surface area contributed by atoms with Gasteiger partial charge in [0.2, 0.25) is 6.41 Å². The molecule has 1 N–H and O–H groups in total. The first-order valence-electron chi connectivity index (χ1n) is 4.46. The molecular weight excluding hydrogens is 164 g/mol. The Kier molecular flexibility index (Phi) is 2.00. The van der Waals surface area contributed by atoms with Gasteiger partial charge in [-0.3, -0.25) is 9.78 Å². The number of carbonyl (C=O) groups excluding carboxylic acids is 1. The molecule has 1 aromatic rings. The van der Waals surface area contributed by atoms with Gasteiger partial charge in [0.15, 0.2) is 0 Å². The summed E-state index contributed by atoms with van der Waals surface area (Å²) in [6, 6.07) is 5.93. The Morgan fingerprint density at radius 3 is 2.92 bits per heavy atom. The third kappa shape index (κ3) is 1.54. The zero-order valence-electron chi connectivity index (χ0n) is 7.36. The fraction of sp³-hybridized carbons (Fsp3) is 0.400. The molecule has 1 aromatic heterocycles. The lowest BCUT2D eigenvalue weighted by molar-refractivity contribution is -0.109. The molecular formula is C10H12N2O. The molecule has 0 aromatic carbocycles. The van der Waals surface area contributed by atoms with E-state index in [1.54, 1.807) is 6.20 Å². The van der Waals surface area contributed by atoms with Crippen molar-refractivity contribution < 1.29 is 4.79 Å². The quantitative estimate of drug-likeness (QED) is 0.691. The first-order chi connectivity index (χ1) is 6.37. The zero-order chi connectivity index (χ0) is 9.15. The molecule has 1 heterocycles. The van der Waals surface area contributed by atoms with Gasteiger partial charge in [-0.05, 0) is 25.0 Å². The lowest BCUT2D eigenvalue weighted by Gasteiger charge is -2.12. The van der Waals surface area contributed by atoms with E-state index in [9.17, 15) is 4.79 Å². The number of amides is 1. The molecule has 0 bridgehead atoms. The topological polar surface area (TPSA) is 42.0 Å². The number of nitrogens with one attached hydrogen (secondary N) is 1. The van der Waals surface area contributed by atoms with Crippen LogP contribution >= 0.6 is 0 Å². The minimum atomic E-state index is 0.141. The first-order valence-corrected chi connectivity index (χ1v) is 4.46. The van der Waals surface area contributed by atoms with Gasteiger partial charge in [0.1, 0.15) is 0 Å². The van der Waals surface area contributed by atoms with Gasteiger partial charge in [0.05, 0.1) is 0 Å². The Morgan fingerprint density at radius 1 is 1.54 bits per heavy atom. The number of rotatable bonds is 4. The molecule has 0 unspecified atom stereocenters. The van der Waals surface area contributed by atoms with Gasteiger partial charge in [-0.1, -0.05) is 6.07 Å². The van der Waals surface area contributed by atoms with Crippen molar-refractivity contribution in [3.8, 4) is 0 Å². The van der Waals surface area contributed by atoms with Gasteiger partial charge in [-0.25, -0.2) is 0 Å². The molecule has 0 saturated heterocycles. The molecule has 1 aliphatic carbocycles. The summed E-state index contributed by atoms with van der Waals surface area (Å²) in [4.78, 5) is 14.5. The van der Waals surface area contributed by atoms with E-state index in [1.807, 2.05) is 18.2 Å². The number of carbonyl (C=O) groups is 1. The zero-order valence-corrected chi connectivity index (χ0v) is 7.36.